The molecule has 11 nitrogen and oxygen atoms in total. The van der Waals surface area contributed by atoms with Crippen molar-refractivity contribution in [2.24, 2.45) is 11.8 Å². The number of Topliss-reactive ketones (excluding diaryl/α,β-unsaturated/α-hetero) is 1. The van der Waals surface area contributed by atoms with Crippen LogP contribution in [0.2, 0.25) is 0 Å². The highest BCUT2D eigenvalue weighted by atomic mass is 31.2. The number of likely N-dealkylation sites (N-methyl/N-ethyl adjacent to an activating group) is 1. The Hall–Kier alpha value is -1.43. The lowest BCUT2D eigenvalue weighted by Gasteiger charge is -2.30. The minimum atomic E-state index is -4.64. The maximum Gasteiger partial charge on any atom is 0.268 e. The van der Waals surface area contributed by atoms with Crippen molar-refractivity contribution in [3.05, 3.63) is 24.3 Å². The standard InChI is InChI=1S/C43H81N2O9P/c1-6-8-10-11-12-13-14-15-16-17-18-19-24-28-40(47)39(35-54-55(51,52)53-33-32-45(3,4)5)44-43(50)29-25-21-20-23-27-37-38(42(49)34-41(37)48)31-30-36(46)26-22-9-7-2/h20,23,30-31,36-40,42,46-47,49H,6-19,21-22,24-29,32-35H2,1-5H3,(H-,44,50,51,52)/b23-20-,31-30+/t36-,37+,38+,39-,40+,42+/m0/s1. The van der Waals surface area contributed by atoms with Gasteiger partial charge in [0.25, 0.3) is 7.82 Å². The summed E-state index contributed by atoms with van der Waals surface area (Å²) in [6.45, 7) is 4.36. The summed E-state index contributed by atoms with van der Waals surface area (Å²) in [5.74, 6) is -0.977. The average molecular weight is 801 g/mol. The number of quaternary nitrogens is 1. The molecule has 1 saturated carbocycles. The molecule has 0 bridgehead atoms. The number of nitrogens with zero attached hydrogens (tertiary/aromatic N) is 1. The van der Waals surface area contributed by atoms with Crippen LogP contribution >= 0.6 is 7.82 Å². The van der Waals surface area contributed by atoms with E-state index in [-0.39, 0.29) is 43.0 Å². The maximum atomic E-state index is 12.9. The minimum absolute atomic E-state index is 0.0127. The van der Waals surface area contributed by atoms with Gasteiger partial charge in [-0.2, -0.15) is 0 Å². The predicted molar refractivity (Wildman–Crippen MR) is 220 cm³/mol. The van der Waals surface area contributed by atoms with E-state index in [4.69, 9.17) is 9.05 Å². The minimum Gasteiger partial charge on any atom is -0.756 e. The van der Waals surface area contributed by atoms with E-state index in [0.717, 1.165) is 44.9 Å². The van der Waals surface area contributed by atoms with Gasteiger partial charge >= 0.3 is 0 Å². The number of aliphatic hydroxyl groups excluding tert-OH is 3. The number of phosphoric acid groups is 1. The van der Waals surface area contributed by atoms with Crippen molar-refractivity contribution in [3.63, 3.8) is 0 Å². The Labute approximate surface area is 334 Å². The van der Waals surface area contributed by atoms with E-state index < -0.39 is 38.8 Å². The second-order valence-corrected chi connectivity index (χ2v) is 18.2. The summed E-state index contributed by atoms with van der Waals surface area (Å²) >= 11 is 0. The Morgan fingerprint density at radius 3 is 2.04 bits per heavy atom. The van der Waals surface area contributed by atoms with Gasteiger partial charge in [0, 0.05) is 24.7 Å². The Morgan fingerprint density at radius 1 is 0.873 bits per heavy atom. The number of carbonyl (C=O) groups excluding carboxylic acids is 2. The molecule has 1 aliphatic carbocycles. The van der Waals surface area contributed by atoms with E-state index in [0.29, 0.717) is 43.1 Å². The van der Waals surface area contributed by atoms with Crippen molar-refractivity contribution < 1.29 is 47.9 Å². The molecule has 0 aromatic carbocycles. The number of hydrogen-bond acceptors (Lipinski definition) is 9. The molecule has 4 N–H and O–H groups in total. The van der Waals surface area contributed by atoms with Crippen LogP contribution < -0.4 is 10.2 Å². The summed E-state index contributed by atoms with van der Waals surface area (Å²) in [6.07, 6.45) is 26.7. The van der Waals surface area contributed by atoms with Gasteiger partial charge in [0.05, 0.1) is 52.1 Å². The topological polar surface area (TPSA) is 165 Å². The zero-order chi connectivity index (χ0) is 41.0. The van der Waals surface area contributed by atoms with Gasteiger partial charge in [-0.05, 0) is 32.1 Å². The molecule has 0 aromatic rings. The molecule has 12 heteroatoms. The van der Waals surface area contributed by atoms with Crippen LogP contribution in [0.15, 0.2) is 24.3 Å². The molecule has 55 heavy (non-hydrogen) atoms. The summed E-state index contributed by atoms with van der Waals surface area (Å²) in [7, 11) is 1.14. The molecule has 322 valence electrons. The SMILES string of the molecule is CCCCCCCCCCCCCCC[C@@H](O)[C@H](COP(=O)([O-])OCC[N+](C)(C)C)NC(=O)CCC/C=C\C[C@H]1C(=O)C[C@@H](O)[C@@H]1/C=C/[C@@H](O)CCCCC. The summed E-state index contributed by atoms with van der Waals surface area (Å²) in [5.41, 5.74) is 0. The van der Waals surface area contributed by atoms with Crippen molar-refractivity contribution in [1.82, 2.24) is 5.32 Å². The van der Waals surface area contributed by atoms with Crippen molar-refractivity contribution in [2.75, 3.05) is 40.9 Å². The third kappa shape index (κ3) is 27.0. The van der Waals surface area contributed by atoms with Crippen LogP contribution in [0.1, 0.15) is 162 Å². The highest BCUT2D eigenvalue weighted by molar-refractivity contribution is 7.45. The third-order valence-electron chi connectivity index (χ3n) is 10.6. The lowest BCUT2D eigenvalue weighted by atomic mass is 9.90. The van der Waals surface area contributed by atoms with Crippen LogP contribution in [-0.2, 0) is 23.2 Å². The summed E-state index contributed by atoms with van der Waals surface area (Å²) in [4.78, 5) is 38.0. The number of nitrogens with one attached hydrogen (secondary N) is 1. The molecule has 0 aromatic heterocycles. The number of allylic oxidation sites excluding steroid dienone is 2. The molecular formula is C43H81N2O9P. The molecule has 0 heterocycles. The van der Waals surface area contributed by atoms with Crippen molar-refractivity contribution >= 4 is 19.5 Å². The van der Waals surface area contributed by atoms with Crippen LogP contribution in [0.5, 0.6) is 0 Å². The number of ketones is 1. The molecule has 1 fully saturated rings. The lowest BCUT2D eigenvalue weighted by Crippen LogP contribution is -2.46. The van der Waals surface area contributed by atoms with Gasteiger partial charge in [0.2, 0.25) is 5.91 Å². The van der Waals surface area contributed by atoms with E-state index in [2.05, 4.69) is 19.2 Å². The zero-order valence-corrected chi connectivity index (χ0v) is 36.2. The van der Waals surface area contributed by atoms with Crippen molar-refractivity contribution in [2.45, 2.75) is 186 Å². The molecule has 0 radical (unpaired) electrons. The molecule has 0 spiro atoms. The van der Waals surface area contributed by atoms with E-state index in [1.807, 2.05) is 33.3 Å². The van der Waals surface area contributed by atoms with Gasteiger partial charge in [-0.1, -0.05) is 141 Å². The van der Waals surface area contributed by atoms with Crippen LogP contribution in [0.25, 0.3) is 0 Å². The first kappa shape index (κ1) is 51.6. The molecule has 1 rings (SSSR count). The number of unbranched alkanes of at least 4 members (excludes halogenated alkanes) is 15. The Bertz CT molecular complexity index is 1110. The molecule has 1 amide bonds. The largest absolute Gasteiger partial charge is 0.756 e. The first-order valence-electron chi connectivity index (χ1n) is 21.8. The quantitative estimate of drug-likeness (QED) is 0.0218. The highest BCUT2D eigenvalue weighted by Crippen LogP contribution is 2.38. The van der Waals surface area contributed by atoms with Crippen LogP contribution in [0.3, 0.4) is 0 Å². The Kier molecular flexibility index (Phi) is 28.7. The second kappa shape index (κ2) is 30.6. The molecule has 0 aliphatic heterocycles. The van der Waals surface area contributed by atoms with E-state index in [1.54, 1.807) is 12.2 Å². The lowest BCUT2D eigenvalue weighted by molar-refractivity contribution is -0.870. The fraction of sp³-hybridized carbons (Fsp3) is 0.860. The summed E-state index contributed by atoms with van der Waals surface area (Å²) < 4.78 is 23.2. The van der Waals surface area contributed by atoms with Crippen LogP contribution in [0.4, 0.5) is 0 Å². The monoisotopic (exact) mass is 801 g/mol. The number of phosphoric ester groups is 1. The van der Waals surface area contributed by atoms with Crippen molar-refractivity contribution in [3.8, 4) is 0 Å². The smallest absolute Gasteiger partial charge is 0.268 e. The first-order valence-corrected chi connectivity index (χ1v) is 23.2. The fourth-order valence-electron chi connectivity index (χ4n) is 6.96. The number of aliphatic hydroxyl groups is 3. The number of carbonyl (C=O) groups is 2. The molecular weight excluding hydrogens is 719 g/mol. The normalized spacial score (nSPS) is 20.7. The second-order valence-electron chi connectivity index (χ2n) is 16.8. The number of hydrogen-bond donors (Lipinski definition) is 4. The molecule has 1 unspecified atom stereocenters. The number of rotatable bonds is 35. The highest BCUT2D eigenvalue weighted by Gasteiger charge is 2.39. The van der Waals surface area contributed by atoms with E-state index >= 15 is 0 Å². The van der Waals surface area contributed by atoms with Crippen molar-refractivity contribution in [1.29, 1.82) is 0 Å². The number of amides is 1. The van der Waals surface area contributed by atoms with Gasteiger partial charge in [0.15, 0.2) is 0 Å². The Balaban J connectivity index is 2.56. The van der Waals surface area contributed by atoms with Crippen LogP contribution in [0, 0.1) is 11.8 Å². The Morgan fingerprint density at radius 2 is 1.44 bits per heavy atom. The summed E-state index contributed by atoms with van der Waals surface area (Å²) in [6, 6.07) is -0.903. The van der Waals surface area contributed by atoms with E-state index in [1.165, 1.54) is 57.8 Å². The predicted octanol–water partition coefficient (Wildman–Crippen LogP) is 7.70. The maximum absolute atomic E-state index is 12.9. The molecule has 0 saturated heterocycles. The van der Waals surface area contributed by atoms with Gasteiger partial charge in [0.1, 0.15) is 18.9 Å². The average Bonchev–Trinajstić information content (AvgIpc) is 3.39. The van der Waals surface area contributed by atoms with Gasteiger partial charge in [-0.3, -0.25) is 14.2 Å². The van der Waals surface area contributed by atoms with Gasteiger partial charge in [-0.15, -0.1) is 0 Å². The molecule has 1 aliphatic rings. The summed E-state index contributed by atoms with van der Waals surface area (Å²) in [5, 5.41) is 34.6. The third-order valence-corrected chi connectivity index (χ3v) is 11.5. The zero-order valence-electron chi connectivity index (χ0n) is 35.3. The first-order chi connectivity index (χ1) is 26.2. The van der Waals surface area contributed by atoms with E-state index in [9.17, 15) is 34.4 Å². The van der Waals surface area contributed by atoms with Gasteiger partial charge in [-0.25, -0.2) is 0 Å². The fourth-order valence-corrected chi connectivity index (χ4v) is 7.68. The molecule has 7 atom stereocenters. The van der Waals surface area contributed by atoms with Crippen LogP contribution in [-0.4, -0.2) is 96.7 Å². The van der Waals surface area contributed by atoms with Gasteiger partial charge < -0.3 is 39.1 Å².